The minimum Gasteiger partial charge on any atom is -0.378 e. The molecule has 1 aliphatic heterocycles. The molecular formula is C15H17ClN4O3. The van der Waals surface area contributed by atoms with Crippen LogP contribution in [0.4, 0.5) is 0 Å². The van der Waals surface area contributed by atoms with E-state index in [4.69, 9.17) is 20.9 Å². The Morgan fingerprint density at radius 1 is 1.48 bits per heavy atom. The summed E-state index contributed by atoms with van der Waals surface area (Å²) in [4.78, 5) is 16.2. The predicted molar refractivity (Wildman–Crippen MR) is 84.1 cm³/mol. The fourth-order valence-corrected chi connectivity index (χ4v) is 2.44. The van der Waals surface area contributed by atoms with Crippen LogP contribution in [0.5, 0.6) is 0 Å². The summed E-state index contributed by atoms with van der Waals surface area (Å²) in [6.07, 6.45) is 0.465. The van der Waals surface area contributed by atoms with Gasteiger partial charge in [-0.3, -0.25) is 4.79 Å². The highest BCUT2D eigenvalue weighted by Crippen LogP contribution is 2.19. The maximum absolute atomic E-state index is 11.9. The number of benzene rings is 1. The molecule has 1 unspecified atom stereocenters. The van der Waals surface area contributed by atoms with Crippen LogP contribution < -0.4 is 10.6 Å². The number of halogens is 1. The molecular weight excluding hydrogens is 320 g/mol. The smallest absolute Gasteiger partial charge is 0.239 e. The highest BCUT2D eigenvalue weighted by atomic mass is 35.5. The first-order chi connectivity index (χ1) is 11.2. The topological polar surface area (TPSA) is 89.3 Å². The van der Waals surface area contributed by atoms with E-state index in [0.29, 0.717) is 49.5 Å². The van der Waals surface area contributed by atoms with E-state index in [-0.39, 0.29) is 11.9 Å². The van der Waals surface area contributed by atoms with Gasteiger partial charge in [-0.1, -0.05) is 28.9 Å². The summed E-state index contributed by atoms with van der Waals surface area (Å²) in [5, 5.41) is 10.5. The number of carbonyl (C=O) groups is 1. The van der Waals surface area contributed by atoms with Crippen molar-refractivity contribution in [2.75, 3.05) is 26.3 Å². The number of amides is 1. The van der Waals surface area contributed by atoms with Crippen LogP contribution in [-0.2, 0) is 16.0 Å². The molecule has 23 heavy (non-hydrogen) atoms. The van der Waals surface area contributed by atoms with Crippen molar-refractivity contribution in [3.63, 3.8) is 0 Å². The molecule has 1 saturated heterocycles. The lowest BCUT2D eigenvalue weighted by atomic mass is 10.2. The fraction of sp³-hybridized carbons (Fsp3) is 0.400. The molecule has 1 aliphatic rings. The van der Waals surface area contributed by atoms with Gasteiger partial charge in [-0.05, 0) is 12.1 Å². The number of nitrogens with one attached hydrogen (secondary N) is 2. The zero-order chi connectivity index (χ0) is 16.1. The summed E-state index contributed by atoms with van der Waals surface area (Å²) in [5.74, 6) is 0.864. The third kappa shape index (κ3) is 4.28. The minimum absolute atomic E-state index is 0.0840. The van der Waals surface area contributed by atoms with Crippen molar-refractivity contribution in [1.29, 1.82) is 0 Å². The van der Waals surface area contributed by atoms with Crippen molar-refractivity contribution in [3.05, 3.63) is 35.2 Å². The van der Waals surface area contributed by atoms with Gasteiger partial charge in [0.1, 0.15) is 6.04 Å². The van der Waals surface area contributed by atoms with Crippen LogP contribution in [-0.4, -0.2) is 48.4 Å². The second-order valence-corrected chi connectivity index (χ2v) is 5.58. The fourth-order valence-electron chi connectivity index (χ4n) is 2.25. The van der Waals surface area contributed by atoms with E-state index in [1.807, 2.05) is 12.1 Å². The number of aromatic nitrogens is 2. The zero-order valence-electron chi connectivity index (χ0n) is 12.4. The lowest BCUT2D eigenvalue weighted by Gasteiger charge is -2.22. The molecule has 2 heterocycles. The van der Waals surface area contributed by atoms with Gasteiger partial charge in [-0.25, -0.2) is 0 Å². The molecule has 2 aromatic rings. The van der Waals surface area contributed by atoms with Gasteiger partial charge in [0, 0.05) is 30.1 Å². The van der Waals surface area contributed by atoms with E-state index in [1.54, 1.807) is 12.1 Å². The second kappa shape index (κ2) is 7.54. The lowest BCUT2D eigenvalue weighted by molar-refractivity contribution is -0.125. The minimum atomic E-state index is -0.298. The molecule has 1 aromatic heterocycles. The van der Waals surface area contributed by atoms with Gasteiger partial charge in [0.15, 0.2) is 0 Å². The van der Waals surface area contributed by atoms with Gasteiger partial charge in [0.25, 0.3) is 0 Å². The van der Waals surface area contributed by atoms with Crippen molar-refractivity contribution in [2.24, 2.45) is 0 Å². The Kier molecular flexibility index (Phi) is 5.22. The molecule has 1 atom stereocenters. The van der Waals surface area contributed by atoms with Crippen molar-refractivity contribution in [2.45, 2.75) is 12.5 Å². The molecule has 2 N–H and O–H groups in total. The van der Waals surface area contributed by atoms with E-state index in [2.05, 4.69) is 20.8 Å². The first-order valence-corrected chi connectivity index (χ1v) is 7.77. The Morgan fingerprint density at radius 3 is 3.17 bits per heavy atom. The van der Waals surface area contributed by atoms with Gasteiger partial charge >= 0.3 is 0 Å². The largest absolute Gasteiger partial charge is 0.378 e. The lowest BCUT2D eigenvalue weighted by Crippen LogP contribution is -2.51. The number of hydrogen-bond acceptors (Lipinski definition) is 6. The number of hydrogen-bond donors (Lipinski definition) is 2. The first-order valence-electron chi connectivity index (χ1n) is 7.40. The van der Waals surface area contributed by atoms with Gasteiger partial charge in [0.05, 0.1) is 13.2 Å². The molecule has 0 bridgehead atoms. The normalized spacial score (nSPS) is 17.9. The van der Waals surface area contributed by atoms with Crippen LogP contribution in [0.3, 0.4) is 0 Å². The van der Waals surface area contributed by atoms with Crippen LogP contribution in [0, 0.1) is 0 Å². The van der Waals surface area contributed by atoms with Crippen LogP contribution >= 0.6 is 11.6 Å². The van der Waals surface area contributed by atoms with Gasteiger partial charge in [-0.2, -0.15) is 4.98 Å². The number of rotatable bonds is 5. The molecule has 1 aromatic carbocycles. The van der Waals surface area contributed by atoms with E-state index in [9.17, 15) is 4.79 Å². The second-order valence-electron chi connectivity index (χ2n) is 5.14. The van der Waals surface area contributed by atoms with E-state index in [0.717, 1.165) is 5.56 Å². The number of nitrogens with zero attached hydrogens (tertiary/aromatic N) is 2. The Bertz CT molecular complexity index is 670. The standard InChI is InChI=1S/C15H17ClN4O3/c16-11-3-1-2-10(8-11)14-19-13(23-20-14)4-5-18-15(21)12-9-22-7-6-17-12/h1-3,8,12,17H,4-7,9H2,(H,18,21). The van der Waals surface area contributed by atoms with Gasteiger partial charge < -0.3 is 19.9 Å². The summed E-state index contributed by atoms with van der Waals surface area (Å²) in [6, 6.07) is 6.94. The Labute approximate surface area is 138 Å². The number of morpholine rings is 1. The molecule has 0 aliphatic carbocycles. The number of carbonyl (C=O) groups excluding carboxylic acids is 1. The first kappa shape index (κ1) is 15.9. The molecule has 0 saturated carbocycles. The van der Waals surface area contributed by atoms with Crippen molar-refractivity contribution < 1.29 is 14.1 Å². The predicted octanol–water partition coefficient (Wildman–Crippen LogP) is 1.04. The quantitative estimate of drug-likeness (QED) is 0.848. The SMILES string of the molecule is O=C(NCCc1nc(-c2cccc(Cl)c2)no1)C1COCCN1. The summed E-state index contributed by atoms with van der Waals surface area (Å²) in [7, 11) is 0. The summed E-state index contributed by atoms with van der Waals surface area (Å²) in [6.45, 7) is 2.14. The van der Waals surface area contributed by atoms with Crippen LogP contribution in [0.1, 0.15) is 5.89 Å². The van der Waals surface area contributed by atoms with Gasteiger partial charge in [0.2, 0.25) is 17.6 Å². The van der Waals surface area contributed by atoms with Crippen LogP contribution in [0.15, 0.2) is 28.8 Å². The maximum Gasteiger partial charge on any atom is 0.239 e. The van der Waals surface area contributed by atoms with Gasteiger partial charge in [-0.15, -0.1) is 0 Å². The van der Waals surface area contributed by atoms with Crippen molar-refractivity contribution >= 4 is 17.5 Å². The maximum atomic E-state index is 11.9. The molecule has 3 rings (SSSR count). The molecule has 1 amide bonds. The molecule has 1 fully saturated rings. The monoisotopic (exact) mass is 336 g/mol. The highest BCUT2D eigenvalue weighted by Gasteiger charge is 2.20. The molecule has 122 valence electrons. The average molecular weight is 337 g/mol. The van der Waals surface area contributed by atoms with Crippen molar-refractivity contribution in [3.8, 4) is 11.4 Å². The number of ether oxygens (including phenoxy) is 1. The highest BCUT2D eigenvalue weighted by molar-refractivity contribution is 6.30. The summed E-state index contributed by atoms with van der Waals surface area (Å²) in [5.41, 5.74) is 0.792. The molecule has 8 heteroatoms. The van der Waals surface area contributed by atoms with Crippen molar-refractivity contribution in [1.82, 2.24) is 20.8 Å². The average Bonchev–Trinajstić information content (AvgIpc) is 3.04. The van der Waals surface area contributed by atoms with E-state index in [1.165, 1.54) is 0 Å². The van der Waals surface area contributed by atoms with E-state index >= 15 is 0 Å². The van der Waals surface area contributed by atoms with E-state index < -0.39 is 0 Å². The Hall–Kier alpha value is -1.96. The van der Waals surface area contributed by atoms with Crippen LogP contribution in [0.25, 0.3) is 11.4 Å². The van der Waals surface area contributed by atoms with Crippen LogP contribution in [0.2, 0.25) is 5.02 Å². The Balaban J connectivity index is 1.50. The molecule has 7 nitrogen and oxygen atoms in total. The molecule has 0 radical (unpaired) electrons. The summed E-state index contributed by atoms with van der Waals surface area (Å²) < 4.78 is 10.4. The Morgan fingerprint density at radius 2 is 2.39 bits per heavy atom. The third-order valence-corrected chi connectivity index (χ3v) is 3.66. The zero-order valence-corrected chi connectivity index (χ0v) is 13.2. The summed E-state index contributed by atoms with van der Waals surface area (Å²) >= 11 is 5.94. The third-order valence-electron chi connectivity index (χ3n) is 3.43. The molecule has 0 spiro atoms.